The number of likely N-dealkylation sites (N-methyl/N-ethyl adjacent to an activating group) is 1. The Bertz CT molecular complexity index is 832. The first-order valence-electron chi connectivity index (χ1n) is 7.78. The first kappa shape index (κ1) is 18.8. The molecule has 7 heteroatoms. The maximum atomic E-state index is 12.4. The summed E-state index contributed by atoms with van der Waals surface area (Å²) in [5.41, 5.74) is 1.95. The van der Waals surface area contributed by atoms with E-state index in [-0.39, 0.29) is 5.91 Å². The fraction of sp³-hybridized carbons (Fsp3) is 0.278. The molecular formula is C18H22N2O4S. The van der Waals surface area contributed by atoms with Crippen LogP contribution in [-0.2, 0) is 10.0 Å². The molecule has 1 amide bonds. The molecule has 0 radical (unpaired) electrons. The van der Waals surface area contributed by atoms with Crippen LogP contribution in [0.5, 0.6) is 5.75 Å². The summed E-state index contributed by atoms with van der Waals surface area (Å²) in [5.74, 6) is 0.652. The summed E-state index contributed by atoms with van der Waals surface area (Å²) in [6, 6.07) is 14.0. The molecule has 2 aromatic carbocycles. The number of nitrogens with zero attached hydrogens (tertiary/aromatic N) is 1. The van der Waals surface area contributed by atoms with Crippen molar-refractivity contribution in [3.05, 3.63) is 59.7 Å². The Morgan fingerprint density at radius 2 is 1.76 bits per heavy atom. The van der Waals surface area contributed by atoms with Gasteiger partial charge in [0.2, 0.25) is 10.0 Å². The third kappa shape index (κ3) is 5.79. The lowest BCUT2D eigenvalue weighted by Gasteiger charge is -2.18. The smallest absolute Gasteiger partial charge is 0.253 e. The third-order valence-electron chi connectivity index (χ3n) is 3.56. The van der Waals surface area contributed by atoms with E-state index in [1.807, 2.05) is 31.2 Å². The number of anilines is 1. The highest BCUT2D eigenvalue weighted by molar-refractivity contribution is 7.92. The molecule has 0 saturated heterocycles. The quantitative estimate of drug-likeness (QED) is 0.821. The van der Waals surface area contributed by atoms with Crippen LogP contribution in [0.15, 0.2) is 48.5 Å². The van der Waals surface area contributed by atoms with Crippen LogP contribution in [0.1, 0.15) is 15.9 Å². The zero-order valence-electron chi connectivity index (χ0n) is 14.5. The van der Waals surface area contributed by atoms with Gasteiger partial charge in [0.1, 0.15) is 12.4 Å². The van der Waals surface area contributed by atoms with Gasteiger partial charge in [-0.05, 0) is 42.8 Å². The Morgan fingerprint density at radius 1 is 1.12 bits per heavy atom. The number of ether oxygens (including phenoxy) is 1. The SMILES string of the molecule is Cc1ccccc1OCCN(C)C(=O)c1ccc(NS(C)(=O)=O)cc1. The second-order valence-electron chi connectivity index (χ2n) is 5.79. The van der Waals surface area contributed by atoms with Gasteiger partial charge in [-0.3, -0.25) is 9.52 Å². The van der Waals surface area contributed by atoms with E-state index in [0.717, 1.165) is 17.6 Å². The van der Waals surface area contributed by atoms with E-state index in [9.17, 15) is 13.2 Å². The molecule has 0 fully saturated rings. The third-order valence-corrected chi connectivity index (χ3v) is 4.17. The van der Waals surface area contributed by atoms with Gasteiger partial charge >= 0.3 is 0 Å². The number of carbonyl (C=O) groups is 1. The van der Waals surface area contributed by atoms with Crippen molar-refractivity contribution >= 4 is 21.6 Å². The van der Waals surface area contributed by atoms with Gasteiger partial charge in [-0.25, -0.2) is 8.42 Å². The molecule has 0 heterocycles. The monoisotopic (exact) mass is 362 g/mol. The molecule has 0 unspecified atom stereocenters. The number of para-hydroxylation sites is 1. The van der Waals surface area contributed by atoms with Crippen LogP contribution in [0.3, 0.4) is 0 Å². The summed E-state index contributed by atoms with van der Waals surface area (Å²) >= 11 is 0. The van der Waals surface area contributed by atoms with Gasteiger partial charge in [-0.2, -0.15) is 0 Å². The molecule has 0 aliphatic rings. The van der Waals surface area contributed by atoms with Crippen LogP contribution < -0.4 is 9.46 Å². The highest BCUT2D eigenvalue weighted by Crippen LogP contribution is 2.16. The zero-order valence-corrected chi connectivity index (χ0v) is 15.3. The van der Waals surface area contributed by atoms with Crippen molar-refractivity contribution < 1.29 is 17.9 Å². The molecule has 134 valence electrons. The summed E-state index contributed by atoms with van der Waals surface area (Å²) in [6.45, 7) is 2.80. The Hall–Kier alpha value is -2.54. The van der Waals surface area contributed by atoms with E-state index in [1.54, 1.807) is 36.2 Å². The van der Waals surface area contributed by atoms with Crippen molar-refractivity contribution in [1.29, 1.82) is 0 Å². The van der Waals surface area contributed by atoms with E-state index < -0.39 is 10.0 Å². The van der Waals surface area contributed by atoms with Gasteiger partial charge < -0.3 is 9.64 Å². The number of nitrogens with one attached hydrogen (secondary N) is 1. The predicted octanol–water partition coefficient (Wildman–Crippen LogP) is 2.52. The Morgan fingerprint density at radius 3 is 2.36 bits per heavy atom. The number of benzene rings is 2. The Balaban J connectivity index is 1.90. The normalized spacial score (nSPS) is 11.0. The number of hydrogen-bond donors (Lipinski definition) is 1. The highest BCUT2D eigenvalue weighted by Gasteiger charge is 2.12. The number of sulfonamides is 1. The molecule has 0 saturated carbocycles. The van der Waals surface area contributed by atoms with Gasteiger partial charge in [0, 0.05) is 18.3 Å². The molecule has 0 aromatic heterocycles. The van der Waals surface area contributed by atoms with Crippen LogP contribution in [0.4, 0.5) is 5.69 Å². The van der Waals surface area contributed by atoms with E-state index in [2.05, 4.69) is 4.72 Å². The standard InChI is InChI=1S/C18H22N2O4S/c1-14-6-4-5-7-17(14)24-13-12-20(2)18(21)15-8-10-16(11-9-15)19-25(3,22)23/h4-11,19H,12-13H2,1-3H3. The number of rotatable bonds is 7. The topological polar surface area (TPSA) is 75.7 Å². The molecular weight excluding hydrogens is 340 g/mol. The second-order valence-corrected chi connectivity index (χ2v) is 7.54. The van der Waals surface area contributed by atoms with E-state index in [4.69, 9.17) is 4.74 Å². The predicted molar refractivity (Wildman–Crippen MR) is 98.5 cm³/mol. The fourth-order valence-electron chi connectivity index (χ4n) is 2.23. The summed E-state index contributed by atoms with van der Waals surface area (Å²) in [7, 11) is -1.63. The largest absolute Gasteiger partial charge is 0.491 e. The Labute approximate surface area is 148 Å². The average molecular weight is 362 g/mol. The number of carbonyl (C=O) groups excluding carboxylic acids is 1. The van der Waals surface area contributed by atoms with Crippen LogP contribution >= 0.6 is 0 Å². The number of amides is 1. The number of aryl methyl sites for hydroxylation is 1. The second kappa shape index (κ2) is 8.02. The molecule has 0 spiro atoms. The van der Waals surface area contributed by atoms with Gasteiger partial charge in [0.25, 0.3) is 5.91 Å². The Kier molecular flexibility index (Phi) is 6.03. The average Bonchev–Trinajstić information content (AvgIpc) is 2.55. The zero-order chi connectivity index (χ0) is 18.4. The molecule has 0 aliphatic carbocycles. The fourth-order valence-corrected chi connectivity index (χ4v) is 2.79. The summed E-state index contributed by atoms with van der Waals surface area (Å²) in [4.78, 5) is 13.9. The minimum atomic E-state index is -3.33. The van der Waals surface area contributed by atoms with Gasteiger partial charge in [0.05, 0.1) is 12.8 Å². The van der Waals surface area contributed by atoms with Crippen molar-refractivity contribution in [2.75, 3.05) is 31.2 Å². The minimum absolute atomic E-state index is 0.153. The molecule has 2 rings (SSSR count). The number of hydrogen-bond acceptors (Lipinski definition) is 4. The van der Waals surface area contributed by atoms with Gasteiger partial charge in [0.15, 0.2) is 0 Å². The first-order valence-corrected chi connectivity index (χ1v) is 9.67. The lowest BCUT2D eigenvalue weighted by atomic mass is 10.2. The van der Waals surface area contributed by atoms with Crippen LogP contribution in [0.2, 0.25) is 0 Å². The maximum Gasteiger partial charge on any atom is 0.253 e. The molecule has 6 nitrogen and oxygen atoms in total. The first-order chi connectivity index (χ1) is 11.8. The minimum Gasteiger partial charge on any atom is -0.491 e. The van der Waals surface area contributed by atoms with Crippen molar-refractivity contribution in [3.8, 4) is 5.75 Å². The van der Waals surface area contributed by atoms with Gasteiger partial charge in [-0.1, -0.05) is 18.2 Å². The van der Waals surface area contributed by atoms with Crippen LogP contribution in [0, 0.1) is 6.92 Å². The lowest BCUT2D eigenvalue weighted by molar-refractivity contribution is 0.0773. The molecule has 0 aliphatic heterocycles. The van der Waals surface area contributed by atoms with Gasteiger partial charge in [-0.15, -0.1) is 0 Å². The van der Waals surface area contributed by atoms with E-state index in [0.29, 0.717) is 24.4 Å². The molecule has 25 heavy (non-hydrogen) atoms. The summed E-state index contributed by atoms with van der Waals surface area (Å²) < 4.78 is 30.4. The summed E-state index contributed by atoms with van der Waals surface area (Å²) in [6.07, 6.45) is 1.08. The van der Waals surface area contributed by atoms with E-state index >= 15 is 0 Å². The lowest BCUT2D eigenvalue weighted by Crippen LogP contribution is -2.30. The van der Waals surface area contributed by atoms with Crippen molar-refractivity contribution in [2.45, 2.75) is 6.92 Å². The molecule has 1 N–H and O–H groups in total. The van der Waals surface area contributed by atoms with Crippen molar-refractivity contribution in [3.63, 3.8) is 0 Å². The molecule has 2 aromatic rings. The van der Waals surface area contributed by atoms with Crippen LogP contribution in [0.25, 0.3) is 0 Å². The maximum absolute atomic E-state index is 12.4. The van der Waals surface area contributed by atoms with Crippen molar-refractivity contribution in [2.24, 2.45) is 0 Å². The van der Waals surface area contributed by atoms with Crippen LogP contribution in [-0.4, -0.2) is 45.7 Å². The summed E-state index contributed by atoms with van der Waals surface area (Å²) in [5, 5.41) is 0. The highest BCUT2D eigenvalue weighted by atomic mass is 32.2. The van der Waals surface area contributed by atoms with E-state index in [1.165, 1.54) is 0 Å². The molecule has 0 bridgehead atoms. The molecule has 0 atom stereocenters. The van der Waals surface area contributed by atoms with Crippen molar-refractivity contribution in [1.82, 2.24) is 4.90 Å².